The summed E-state index contributed by atoms with van der Waals surface area (Å²) in [5.74, 6) is 0. The second kappa shape index (κ2) is 4.22. The molecule has 0 aliphatic rings. The van der Waals surface area contributed by atoms with Crippen molar-refractivity contribution in [3.05, 3.63) is 54.6 Å². The molecule has 68 valence electrons. The van der Waals surface area contributed by atoms with E-state index in [1.165, 1.54) is 0 Å². The molecule has 0 fully saturated rings. The minimum atomic E-state index is -0.146. The van der Waals surface area contributed by atoms with Crippen LogP contribution in [0.4, 0.5) is 0 Å². The molecule has 1 N–H and O–H groups in total. The van der Waals surface area contributed by atoms with Gasteiger partial charge in [-0.05, 0) is 16.3 Å². The molecule has 1 nitrogen and oxygen atoms in total. The highest BCUT2D eigenvalue weighted by atomic mass is 28.2. The van der Waals surface area contributed by atoms with Gasteiger partial charge in [-0.15, -0.1) is 0 Å². The van der Waals surface area contributed by atoms with E-state index in [9.17, 15) is 4.80 Å². The molecular formula is C12H10OSi. The Balaban J connectivity index is 2.51. The molecule has 0 amide bonds. The fourth-order valence-corrected chi connectivity index (χ4v) is 1.97. The van der Waals surface area contributed by atoms with Crippen LogP contribution in [-0.4, -0.2) is 14.6 Å². The largest absolute Gasteiger partial charge is 0.428 e. The highest BCUT2D eigenvalue weighted by Gasteiger charge is 2.02. The second-order valence-electron chi connectivity index (χ2n) is 3.02. The number of benzene rings is 2. The lowest BCUT2D eigenvalue weighted by Crippen LogP contribution is -2.15. The monoisotopic (exact) mass is 198 g/mol. The first-order valence-electron chi connectivity index (χ1n) is 4.46. The minimum absolute atomic E-state index is 0.146. The first-order valence-corrected chi connectivity index (χ1v) is 5.41. The molecule has 0 unspecified atom stereocenters. The van der Waals surface area contributed by atoms with Crippen LogP contribution in [-0.2, 0) is 0 Å². The van der Waals surface area contributed by atoms with E-state index >= 15 is 0 Å². The lowest BCUT2D eigenvalue weighted by Gasteiger charge is -2.05. The van der Waals surface area contributed by atoms with Crippen molar-refractivity contribution in [1.29, 1.82) is 0 Å². The van der Waals surface area contributed by atoms with Gasteiger partial charge in [0.25, 0.3) is 9.76 Å². The molecule has 0 aliphatic heterocycles. The van der Waals surface area contributed by atoms with Gasteiger partial charge >= 0.3 is 0 Å². The van der Waals surface area contributed by atoms with Crippen LogP contribution in [0.15, 0.2) is 54.6 Å². The van der Waals surface area contributed by atoms with Gasteiger partial charge in [-0.2, -0.15) is 0 Å². The van der Waals surface area contributed by atoms with Crippen LogP contribution in [0, 0.1) is 0 Å². The van der Waals surface area contributed by atoms with E-state index in [1.54, 1.807) is 0 Å². The van der Waals surface area contributed by atoms with Gasteiger partial charge in [-0.25, -0.2) is 0 Å². The Morgan fingerprint density at radius 3 is 2.14 bits per heavy atom. The Labute approximate surface area is 86.0 Å². The zero-order valence-electron chi connectivity index (χ0n) is 7.64. The average Bonchev–Trinajstić information content (AvgIpc) is 2.30. The van der Waals surface area contributed by atoms with E-state index in [0.717, 1.165) is 16.3 Å². The summed E-state index contributed by atoms with van der Waals surface area (Å²) in [6.07, 6.45) is 0. The maximum absolute atomic E-state index is 9.21. The summed E-state index contributed by atoms with van der Waals surface area (Å²) < 4.78 is 0. The van der Waals surface area contributed by atoms with Crippen LogP contribution >= 0.6 is 0 Å². The molecule has 0 heterocycles. The molecule has 2 radical (unpaired) electrons. The SMILES string of the molecule is O[Si]c1ccccc1-c1ccccc1. The van der Waals surface area contributed by atoms with Crippen LogP contribution in [0.3, 0.4) is 0 Å². The van der Waals surface area contributed by atoms with Gasteiger partial charge in [0.15, 0.2) is 0 Å². The highest BCUT2D eigenvalue weighted by Crippen LogP contribution is 2.15. The Hall–Kier alpha value is -1.38. The van der Waals surface area contributed by atoms with Crippen LogP contribution in [0.25, 0.3) is 11.1 Å². The zero-order chi connectivity index (χ0) is 9.80. The van der Waals surface area contributed by atoms with Crippen LogP contribution in [0.2, 0.25) is 0 Å². The summed E-state index contributed by atoms with van der Waals surface area (Å²) in [5.41, 5.74) is 2.28. The lowest BCUT2D eigenvalue weighted by molar-refractivity contribution is 0.615. The molecule has 0 saturated carbocycles. The second-order valence-corrected chi connectivity index (χ2v) is 3.79. The topological polar surface area (TPSA) is 20.2 Å². The molecule has 14 heavy (non-hydrogen) atoms. The zero-order valence-corrected chi connectivity index (χ0v) is 8.64. The van der Waals surface area contributed by atoms with Crippen molar-refractivity contribution in [1.82, 2.24) is 0 Å². The molecule has 2 aromatic carbocycles. The Morgan fingerprint density at radius 1 is 0.786 bits per heavy atom. The molecule has 0 spiro atoms. The highest BCUT2D eigenvalue weighted by molar-refractivity contribution is 6.48. The van der Waals surface area contributed by atoms with Gasteiger partial charge in [0.05, 0.1) is 0 Å². The lowest BCUT2D eigenvalue weighted by atomic mass is 10.1. The van der Waals surface area contributed by atoms with Gasteiger partial charge in [0.2, 0.25) is 0 Å². The Morgan fingerprint density at radius 2 is 1.43 bits per heavy atom. The molecule has 2 heteroatoms. The van der Waals surface area contributed by atoms with E-state index < -0.39 is 0 Å². The summed E-state index contributed by atoms with van der Waals surface area (Å²) in [4.78, 5) is 9.21. The third-order valence-electron chi connectivity index (χ3n) is 2.13. The van der Waals surface area contributed by atoms with E-state index in [2.05, 4.69) is 12.1 Å². The van der Waals surface area contributed by atoms with E-state index in [1.807, 2.05) is 42.5 Å². The number of hydrogen-bond acceptors (Lipinski definition) is 1. The predicted molar refractivity (Wildman–Crippen MR) is 59.5 cm³/mol. The van der Waals surface area contributed by atoms with Crippen LogP contribution in [0.1, 0.15) is 0 Å². The Kier molecular flexibility index (Phi) is 2.77. The maximum Gasteiger partial charge on any atom is 0.266 e. The van der Waals surface area contributed by atoms with Crippen molar-refractivity contribution in [2.24, 2.45) is 0 Å². The third-order valence-corrected chi connectivity index (χ3v) is 2.81. The number of hydrogen-bond donors (Lipinski definition) is 1. The molecule has 0 aromatic heterocycles. The predicted octanol–water partition coefficient (Wildman–Crippen LogP) is 1.59. The summed E-state index contributed by atoms with van der Waals surface area (Å²) >= 11 is 0. The van der Waals surface area contributed by atoms with Gasteiger partial charge < -0.3 is 4.80 Å². The van der Waals surface area contributed by atoms with Crippen molar-refractivity contribution < 1.29 is 4.80 Å². The van der Waals surface area contributed by atoms with Gasteiger partial charge in [-0.1, -0.05) is 54.6 Å². The smallest absolute Gasteiger partial charge is 0.266 e. The first-order chi connectivity index (χ1) is 6.92. The fraction of sp³-hybridized carbons (Fsp3) is 0. The van der Waals surface area contributed by atoms with E-state index in [4.69, 9.17) is 0 Å². The molecule has 0 saturated heterocycles. The van der Waals surface area contributed by atoms with Gasteiger partial charge in [0, 0.05) is 0 Å². The van der Waals surface area contributed by atoms with E-state index in [0.29, 0.717) is 0 Å². The number of rotatable bonds is 2. The molecule has 0 aliphatic carbocycles. The van der Waals surface area contributed by atoms with Crippen molar-refractivity contribution in [3.8, 4) is 11.1 Å². The Bertz CT molecular complexity index is 412. The normalized spacial score (nSPS) is 10.1. The van der Waals surface area contributed by atoms with Crippen molar-refractivity contribution in [3.63, 3.8) is 0 Å². The summed E-state index contributed by atoms with van der Waals surface area (Å²) in [6, 6.07) is 18.1. The van der Waals surface area contributed by atoms with Crippen molar-refractivity contribution in [2.75, 3.05) is 0 Å². The summed E-state index contributed by atoms with van der Waals surface area (Å²) in [6.45, 7) is 0. The molecule has 2 aromatic rings. The van der Waals surface area contributed by atoms with Crippen LogP contribution < -0.4 is 5.19 Å². The summed E-state index contributed by atoms with van der Waals surface area (Å²) in [7, 11) is -0.146. The molecule has 2 rings (SSSR count). The maximum atomic E-state index is 9.21. The third kappa shape index (κ3) is 1.76. The minimum Gasteiger partial charge on any atom is -0.428 e. The van der Waals surface area contributed by atoms with Gasteiger partial charge in [-0.3, -0.25) is 0 Å². The van der Waals surface area contributed by atoms with Crippen LogP contribution in [0.5, 0.6) is 0 Å². The average molecular weight is 198 g/mol. The van der Waals surface area contributed by atoms with Crippen molar-refractivity contribution >= 4 is 14.9 Å². The summed E-state index contributed by atoms with van der Waals surface area (Å²) in [5, 5.41) is 0.999. The molecular weight excluding hydrogens is 188 g/mol. The van der Waals surface area contributed by atoms with Crippen molar-refractivity contribution in [2.45, 2.75) is 0 Å². The standard InChI is InChI=1S/C12H10OSi/c13-14-12-9-5-4-8-11(12)10-6-2-1-3-7-10/h1-9,13H. The fourth-order valence-electron chi connectivity index (χ4n) is 1.45. The quantitative estimate of drug-likeness (QED) is 0.727. The molecule has 0 atom stereocenters. The molecule has 0 bridgehead atoms. The van der Waals surface area contributed by atoms with E-state index in [-0.39, 0.29) is 9.76 Å². The first kappa shape index (κ1) is 9.18. The van der Waals surface area contributed by atoms with Gasteiger partial charge in [0.1, 0.15) is 0 Å².